The van der Waals surface area contributed by atoms with Gasteiger partial charge in [0, 0.05) is 6.07 Å². The average Bonchev–Trinajstić information content (AvgIpc) is 2.55. The number of aryl methyl sites for hydroxylation is 1. The summed E-state index contributed by atoms with van der Waals surface area (Å²) in [5.74, 6) is 1.14. The van der Waals surface area contributed by atoms with Gasteiger partial charge < -0.3 is 9.47 Å². The molecular formula is C17H21NO4S. The molecule has 0 radical (unpaired) electrons. The van der Waals surface area contributed by atoms with Crippen molar-refractivity contribution in [2.45, 2.75) is 13.3 Å². The Labute approximate surface area is 137 Å². The van der Waals surface area contributed by atoms with Crippen molar-refractivity contribution in [3.8, 4) is 11.5 Å². The van der Waals surface area contributed by atoms with Gasteiger partial charge in [0.1, 0.15) is 23.9 Å². The predicted molar refractivity (Wildman–Crippen MR) is 91.7 cm³/mol. The molecule has 0 heterocycles. The molecule has 2 aromatic carbocycles. The first-order chi connectivity index (χ1) is 11.0. The average molecular weight is 335 g/mol. The second-order valence-corrected chi connectivity index (χ2v) is 6.84. The zero-order chi connectivity index (χ0) is 16.7. The number of methoxy groups -OCH3 is 1. The summed E-state index contributed by atoms with van der Waals surface area (Å²) in [6.45, 7) is 2.16. The van der Waals surface area contributed by atoms with Gasteiger partial charge in [-0.3, -0.25) is 4.72 Å². The van der Waals surface area contributed by atoms with Crippen molar-refractivity contribution in [2.24, 2.45) is 0 Å². The Hall–Kier alpha value is -2.21. The van der Waals surface area contributed by atoms with Crippen molar-refractivity contribution in [3.05, 3.63) is 54.1 Å². The van der Waals surface area contributed by atoms with Crippen LogP contribution in [0.4, 0.5) is 5.69 Å². The number of nitrogens with one attached hydrogen (secondary N) is 1. The van der Waals surface area contributed by atoms with Gasteiger partial charge in [0.25, 0.3) is 0 Å². The SMILES string of the molecule is CCc1ccc(OCCS(=O)(=O)Nc2cccc(OC)c2)cc1. The van der Waals surface area contributed by atoms with Crippen LogP contribution in [-0.2, 0) is 16.4 Å². The minimum Gasteiger partial charge on any atom is -0.497 e. The van der Waals surface area contributed by atoms with E-state index in [1.165, 1.54) is 12.7 Å². The molecular weight excluding hydrogens is 314 g/mol. The lowest BCUT2D eigenvalue weighted by Gasteiger charge is -2.10. The van der Waals surface area contributed by atoms with Gasteiger partial charge in [-0.1, -0.05) is 25.1 Å². The van der Waals surface area contributed by atoms with Gasteiger partial charge in [-0.25, -0.2) is 8.42 Å². The molecule has 124 valence electrons. The molecule has 0 atom stereocenters. The number of sulfonamides is 1. The lowest BCUT2D eigenvalue weighted by molar-refractivity contribution is 0.341. The lowest BCUT2D eigenvalue weighted by atomic mass is 10.2. The number of ether oxygens (including phenoxy) is 2. The van der Waals surface area contributed by atoms with E-state index >= 15 is 0 Å². The van der Waals surface area contributed by atoms with E-state index in [1.807, 2.05) is 24.3 Å². The summed E-state index contributed by atoms with van der Waals surface area (Å²) >= 11 is 0. The lowest BCUT2D eigenvalue weighted by Crippen LogP contribution is -2.21. The smallest absolute Gasteiger partial charge is 0.236 e. The van der Waals surface area contributed by atoms with Crippen LogP contribution >= 0.6 is 0 Å². The highest BCUT2D eigenvalue weighted by Crippen LogP contribution is 2.18. The number of rotatable bonds is 8. The minimum absolute atomic E-state index is 0.0881. The molecule has 0 saturated carbocycles. The van der Waals surface area contributed by atoms with Gasteiger partial charge in [-0.05, 0) is 36.2 Å². The summed E-state index contributed by atoms with van der Waals surface area (Å²) in [5.41, 5.74) is 1.68. The minimum atomic E-state index is -3.47. The van der Waals surface area contributed by atoms with Crippen LogP contribution in [0.1, 0.15) is 12.5 Å². The number of benzene rings is 2. The topological polar surface area (TPSA) is 64.6 Å². The van der Waals surface area contributed by atoms with Gasteiger partial charge in [0.05, 0.1) is 12.8 Å². The fourth-order valence-electron chi connectivity index (χ4n) is 2.01. The molecule has 0 aromatic heterocycles. The Morgan fingerprint density at radius 3 is 2.43 bits per heavy atom. The van der Waals surface area contributed by atoms with Crippen LogP contribution in [0, 0.1) is 0 Å². The van der Waals surface area contributed by atoms with E-state index < -0.39 is 10.0 Å². The second-order valence-electron chi connectivity index (χ2n) is 5.00. The van der Waals surface area contributed by atoms with Gasteiger partial charge in [-0.2, -0.15) is 0 Å². The van der Waals surface area contributed by atoms with E-state index in [0.29, 0.717) is 17.2 Å². The maximum absolute atomic E-state index is 12.1. The monoisotopic (exact) mass is 335 g/mol. The van der Waals surface area contributed by atoms with Crippen LogP contribution in [0.3, 0.4) is 0 Å². The molecule has 0 aliphatic carbocycles. The summed E-state index contributed by atoms with van der Waals surface area (Å²) in [5, 5.41) is 0. The van der Waals surface area contributed by atoms with Gasteiger partial charge in [0.15, 0.2) is 0 Å². The van der Waals surface area contributed by atoms with Crippen molar-refractivity contribution >= 4 is 15.7 Å². The molecule has 0 saturated heterocycles. The number of hydrogen-bond donors (Lipinski definition) is 1. The summed E-state index contributed by atoms with van der Waals surface area (Å²) in [4.78, 5) is 0. The fraction of sp³-hybridized carbons (Fsp3) is 0.294. The van der Waals surface area contributed by atoms with Crippen LogP contribution < -0.4 is 14.2 Å². The Morgan fingerprint density at radius 1 is 1.04 bits per heavy atom. The Bertz CT molecular complexity index is 727. The normalized spacial score (nSPS) is 11.0. The molecule has 0 fully saturated rings. The Balaban J connectivity index is 1.87. The fourth-order valence-corrected chi connectivity index (χ4v) is 2.90. The van der Waals surface area contributed by atoms with Gasteiger partial charge in [0.2, 0.25) is 10.0 Å². The first kappa shape index (κ1) is 17.1. The van der Waals surface area contributed by atoms with E-state index in [4.69, 9.17) is 9.47 Å². The van der Waals surface area contributed by atoms with Crippen molar-refractivity contribution in [2.75, 3.05) is 24.2 Å². The highest BCUT2D eigenvalue weighted by molar-refractivity contribution is 7.92. The maximum Gasteiger partial charge on any atom is 0.236 e. The standard InChI is InChI=1S/C17H21NO4S/c1-3-14-7-9-16(10-8-14)22-11-12-23(19,20)18-15-5-4-6-17(13-15)21-2/h4-10,13,18H,3,11-12H2,1-2H3. The highest BCUT2D eigenvalue weighted by atomic mass is 32.2. The van der Waals surface area contributed by atoms with Crippen LogP contribution in [0.15, 0.2) is 48.5 Å². The van der Waals surface area contributed by atoms with E-state index in [9.17, 15) is 8.42 Å². The molecule has 0 spiro atoms. The Kier molecular flexibility index (Phi) is 5.87. The summed E-state index contributed by atoms with van der Waals surface area (Å²) in [6, 6.07) is 14.4. The molecule has 0 amide bonds. The van der Waals surface area contributed by atoms with Crippen molar-refractivity contribution < 1.29 is 17.9 Å². The van der Waals surface area contributed by atoms with Crippen molar-refractivity contribution in [3.63, 3.8) is 0 Å². The third-order valence-electron chi connectivity index (χ3n) is 3.30. The van der Waals surface area contributed by atoms with E-state index in [1.54, 1.807) is 24.3 Å². The molecule has 0 aliphatic heterocycles. The Morgan fingerprint density at radius 2 is 1.78 bits per heavy atom. The second kappa shape index (κ2) is 7.87. The first-order valence-electron chi connectivity index (χ1n) is 7.38. The van der Waals surface area contributed by atoms with Crippen LogP contribution in [0.25, 0.3) is 0 Å². The summed E-state index contributed by atoms with van der Waals surface area (Å²) < 4.78 is 37.2. The van der Waals surface area contributed by atoms with E-state index in [-0.39, 0.29) is 12.4 Å². The first-order valence-corrected chi connectivity index (χ1v) is 9.04. The van der Waals surface area contributed by atoms with Gasteiger partial charge in [-0.15, -0.1) is 0 Å². The van der Waals surface area contributed by atoms with E-state index in [2.05, 4.69) is 11.6 Å². The zero-order valence-electron chi connectivity index (χ0n) is 13.3. The van der Waals surface area contributed by atoms with Crippen molar-refractivity contribution in [1.82, 2.24) is 0 Å². The molecule has 0 unspecified atom stereocenters. The largest absolute Gasteiger partial charge is 0.497 e. The molecule has 0 bridgehead atoms. The molecule has 0 aliphatic rings. The molecule has 6 heteroatoms. The maximum atomic E-state index is 12.1. The molecule has 2 aromatic rings. The predicted octanol–water partition coefficient (Wildman–Crippen LogP) is 3.08. The van der Waals surface area contributed by atoms with Crippen LogP contribution in [0.5, 0.6) is 11.5 Å². The summed E-state index contributed by atoms with van der Waals surface area (Å²) in [6.07, 6.45) is 0.957. The molecule has 23 heavy (non-hydrogen) atoms. The van der Waals surface area contributed by atoms with Crippen molar-refractivity contribution in [1.29, 1.82) is 0 Å². The van der Waals surface area contributed by atoms with Gasteiger partial charge >= 0.3 is 0 Å². The zero-order valence-corrected chi connectivity index (χ0v) is 14.1. The number of anilines is 1. The summed E-state index contributed by atoms with van der Waals surface area (Å²) in [7, 11) is -1.94. The molecule has 5 nitrogen and oxygen atoms in total. The third-order valence-corrected chi connectivity index (χ3v) is 4.55. The van der Waals surface area contributed by atoms with Crippen LogP contribution in [-0.4, -0.2) is 27.9 Å². The van der Waals surface area contributed by atoms with Crippen LogP contribution in [0.2, 0.25) is 0 Å². The third kappa shape index (κ3) is 5.49. The quantitative estimate of drug-likeness (QED) is 0.805. The van der Waals surface area contributed by atoms with E-state index in [0.717, 1.165) is 6.42 Å². The molecule has 1 N–H and O–H groups in total. The highest BCUT2D eigenvalue weighted by Gasteiger charge is 2.11. The number of hydrogen-bond acceptors (Lipinski definition) is 4. The molecule has 2 rings (SSSR count).